The first-order chi connectivity index (χ1) is 5.90. The molecule has 0 saturated carbocycles. The summed E-state index contributed by atoms with van der Waals surface area (Å²) in [6.07, 6.45) is 9.64. The van der Waals surface area contributed by atoms with Crippen LogP contribution in [0.3, 0.4) is 0 Å². The van der Waals surface area contributed by atoms with Crippen molar-refractivity contribution in [2.75, 3.05) is 0 Å². The molecule has 2 atom stereocenters. The second kappa shape index (κ2) is 3.02. The summed E-state index contributed by atoms with van der Waals surface area (Å²) in [7, 11) is 0. The second-order valence-corrected chi connectivity index (χ2v) is 3.39. The van der Waals surface area contributed by atoms with Crippen LogP contribution in [0.15, 0.2) is 23.9 Å². The summed E-state index contributed by atoms with van der Waals surface area (Å²) in [4.78, 5) is 0. The number of hydrogen-bond acceptors (Lipinski definition) is 2. The first kappa shape index (κ1) is 7.42. The van der Waals surface area contributed by atoms with Crippen molar-refractivity contribution >= 4 is 0 Å². The van der Waals surface area contributed by atoms with Gasteiger partial charge in [0.25, 0.3) is 0 Å². The Morgan fingerprint density at radius 3 is 3.25 bits per heavy atom. The normalized spacial score (nSPS) is 32.8. The molecule has 2 unspecified atom stereocenters. The molecule has 1 N–H and O–H groups in total. The molecule has 2 rings (SSSR count). The van der Waals surface area contributed by atoms with Gasteiger partial charge < -0.3 is 5.32 Å². The van der Waals surface area contributed by atoms with E-state index in [1.54, 1.807) is 0 Å². The lowest BCUT2D eigenvalue weighted by atomic mass is 9.87. The Balaban J connectivity index is 2.12. The molecule has 2 aliphatic rings. The van der Waals surface area contributed by atoms with Crippen molar-refractivity contribution in [3.8, 4) is 6.07 Å². The van der Waals surface area contributed by atoms with E-state index in [1.807, 2.05) is 0 Å². The van der Waals surface area contributed by atoms with E-state index in [0.29, 0.717) is 5.92 Å². The monoisotopic (exact) mass is 160 g/mol. The summed E-state index contributed by atoms with van der Waals surface area (Å²) >= 11 is 0. The molecule has 62 valence electrons. The minimum atomic E-state index is 0.0407. The van der Waals surface area contributed by atoms with Crippen LogP contribution in [0, 0.1) is 17.2 Å². The van der Waals surface area contributed by atoms with E-state index in [1.165, 1.54) is 5.70 Å². The number of hydrogen-bond donors (Lipinski definition) is 1. The van der Waals surface area contributed by atoms with E-state index in [2.05, 4.69) is 29.6 Å². The summed E-state index contributed by atoms with van der Waals surface area (Å²) in [6.45, 7) is 0. The van der Waals surface area contributed by atoms with Crippen LogP contribution >= 0.6 is 0 Å². The number of nitrogens with one attached hydrogen (secondary N) is 1. The molecule has 0 aromatic carbocycles. The zero-order valence-electron chi connectivity index (χ0n) is 6.96. The van der Waals surface area contributed by atoms with Crippen molar-refractivity contribution in [1.29, 1.82) is 5.26 Å². The zero-order valence-corrected chi connectivity index (χ0v) is 6.96. The molecule has 12 heavy (non-hydrogen) atoms. The molecular formula is C10H12N2. The quantitative estimate of drug-likeness (QED) is 0.585. The molecule has 1 saturated heterocycles. The lowest BCUT2D eigenvalue weighted by molar-refractivity contribution is 0.406. The maximum absolute atomic E-state index is 8.72. The van der Waals surface area contributed by atoms with Gasteiger partial charge in [0.15, 0.2) is 0 Å². The number of nitrogens with zero attached hydrogens (tertiary/aromatic N) is 1. The number of allylic oxidation sites excluding steroid dienone is 4. The summed E-state index contributed by atoms with van der Waals surface area (Å²) in [6, 6.07) is 2.30. The maximum Gasteiger partial charge on any atom is 0.114 e. The third-order valence-electron chi connectivity index (χ3n) is 2.57. The molecule has 0 radical (unpaired) electrons. The van der Waals surface area contributed by atoms with Crippen LogP contribution in [0.2, 0.25) is 0 Å². The highest BCUT2D eigenvalue weighted by Gasteiger charge is 2.24. The minimum Gasteiger partial charge on any atom is -0.373 e. The molecule has 2 heteroatoms. The van der Waals surface area contributed by atoms with E-state index in [9.17, 15) is 0 Å². The lowest BCUT2D eigenvalue weighted by Gasteiger charge is -2.30. The average Bonchev–Trinajstić information content (AvgIpc) is 2.17. The van der Waals surface area contributed by atoms with Crippen molar-refractivity contribution in [1.82, 2.24) is 5.32 Å². The molecule has 1 heterocycles. The van der Waals surface area contributed by atoms with Crippen molar-refractivity contribution in [3.63, 3.8) is 0 Å². The minimum absolute atomic E-state index is 0.0407. The van der Waals surface area contributed by atoms with E-state index >= 15 is 0 Å². The van der Waals surface area contributed by atoms with E-state index in [0.717, 1.165) is 19.3 Å². The Labute approximate surface area is 72.6 Å². The first-order valence-corrected chi connectivity index (χ1v) is 4.43. The Hall–Kier alpha value is -1.23. The third-order valence-corrected chi connectivity index (χ3v) is 2.57. The van der Waals surface area contributed by atoms with Gasteiger partial charge in [0, 0.05) is 11.6 Å². The molecule has 0 bridgehead atoms. The number of piperidine rings is 1. The van der Waals surface area contributed by atoms with Crippen molar-refractivity contribution in [3.05, 3.63) is 23.9 Å². The predicted molar refractivity (Wildman–Crippen MR) is 47.1 cm³/mol. The number of fused-ring (bicyclic) bond motifs is 1. The van der Waals surface area contributed by atoms with Crippen LogP contribution < -0.4 is 5.32 Å². The van der Waals surface area contributed by atoms with Gasteiger partial charge in [0.2, 0.25) is 0 Å². The molecule has 1 aliphatic carbocycles. The van der Waals surface area contributed by atoms with Gasteiger partial charge in [0.05, 0.1) is 6.07 Å². The summed E-state index contributed by atoms with van der Waals surface area (Å²) in [5, 5.41) is 12.0. The van der Waals surface area contributed by atoms with Crippen LogP contribution in [-0.2, 0) is 0 Å². The highest BCUT2D eigenvalue weighted by atomic mass is 14.9. The molecular weight excluding hydrogens is 148 g/mol. The van der Waals surface area contributed by atoms with Gasteiger partial charge in [-0.25, -0.2) is 0 Å². The van der Waals surface area contributed by atoms with Crippen LogP contribution in [0.1, 0.15) is 19.3 Å². The Morgan fingerprint density at radius 1 is 1.50 bits per heavy atom. The molecule has 2 nitrogen and oxygen atoms in total. The summed E-state index contributed by atoms with van der Waals surface area (Å²) < 4.78 is 0. The van der Waals surface area contributed by atoms with E-state index in [-0.39, 0.29) is 6.04 Å². The van der Waals surface area contributed by atoms with E-state index < -0.39 is 0 Å². The third kappa shape index (κ3) is 1.23. The van der Waals surface area contributed by atoms with Gasteiger partial charge in [-0.3, -0.25) is 0 Å². The molecule has 0 spiro atoms. The fraction of sp³-hybridized carbons (Fsp3) is 0.500. The standard InChI is InChI=1S/C10H12N2/c11-7-9-6-5-8-3-1-2-4-10(8)12-9/h1-2,4,8-9,12H,3,5-6H2. The highest BCUT2D eigenvalue weighted by Crippen LogP contribution is 2.28. The van der Waals surface area contributed by atoms with Crippen molar-refractivity contribution < 1.29 is 0 Å². The lowest BCUT2D eigenvalue weighted by Crippen LogP contribution is -2.36. The van der Waals surface area contributed by atoms with E-state index in [4.69, 9.17) is 5.26 Å². The maximum atomic E-state index is 8.72. The van der Waals surface area contributed by atoms with Gasteiger partial charge in [-0.2, -0.15) is 5.26 Å². The van der Waals surface area contributed by atoms with Gasteiger partial charge in [-0.05, 0) is 25.3 Å². The Kier molecular flexibility index (Phi) is 1.87. The predicted octanol–water partition coefficient (Wildman–Crippen LogP) is 1.72. The SMILES string of the molecule is N#CC1CCC2CC=CC=C2N1. The van der Waals surface area contributed by atoms with Crippen LogP contribution in [0.5, 0.6) is 0 Å². The average molecular weight is 160 g/mol. The van der Waals surface area contributed by atoms with Gasteiger partial charge in [-0.15, -0.1) is 0 Å². The van der Waals surface area contributed by atoms with Crippen LogP contribution in [0.4, 0.5) is 0 Å². The van der Waals surface area contributed by atoms with Gasteiger partial charge >= 0.3 is 0 Å². The fourth-order valence-electron chi connectivity index (χ4n) is 1.85. The molecule has 1 aliphatic heterocycles. The van der Waals surface area contributed by atoms with Crippen LogP contribution in [0.25, 0.3) is 0 Å². The van der Waals surface area contributed by atoms with Crippen LogP contribution in [-0.4, -0.2) is 6.04 Å². The number of rotatable bonds is 0. The fourth-order valence-corrected chi connectivity index (χ4v) is 1.85. The first-order valence-electron chi connectivity index (χ1n) is 4.43. The largest absolute Gasteiger partial charge is 0.373 e. The Bertz CT molecular complexity index is 270. The smallest absolute Gasteiger partial charge is 0.114 e. The summed E-state index contributed by atoms with van der Waals surface area (Å²) in [5.41, 5.74) is 1.26. The number of nitriles is 1. The summed E-state index contributed by atoms with van der Waals surface area (Å²) in [5.74, 6) is 0.652. The molecule has 0 aromatic heterocycles. The van der Waals surface area contributed by atoms with Gasteiger partial charge in [-0.1, -0.05) is 12.2 Å². The Morgan fingerprint density at radius 2 is 2.42 bits per heavy atom. The zero-order chi connectivity index (χ0) is 8.39. The van der Waals surface area contributed by atoms with Crippen molar-refractivity contribution in [2.24, 2.45) is 5.92 Å². The topological polar surface area (TPSA) is 35.8 Å². The molecule has 1 fully saturated rings. The molecule has 0 amide bonds. The second-order valence-electron chi connectivity index (χ2n) is 3.39. The highest BCUT2D eigenvalue weighted by molar-refractivity contribution is 5.23. The van der Waals surface area contributed by atoms with Gasteiger partial charge in [0.1, 0.15) is 6.04 Å². The van der Waals surface area contributed by atoms with Crippen molar-refractivity contribution in [2.45, 2.75) is 25.3 Å². The molecule has 0 aromatic rings.